The smallest absolute Gasteiger partial charge is 0.343 e. The second-order valence-corrected chi connectivity index (χ2v) is 9.26. The second-order valence-electron chi connectivity index (χ2n) is 9.26. The summed E-state index contributed by atoms with van der Waals surface area (Å²) >= 11 is 0. The van der Waals surface area contributed by atoms with Crippen LogP contribution in [0.25, 0.3) is 0 Å². The molecule has 2 aliphatic rings. The van der Waals surface area contributed by atoms with Gasteiger partial charge in [0, 0.05) is 5.56 Å². The van der Waals surface area contributed by atoms with Crippen molar-refractivity contribution in [3.8, 4) is 5.75 Å². The third-order valence-corrected chi connectivity index (χ3v) is 6.60. The van der Waals surface area contributed by atoms with Gasteiger partial charge in [0.05, 0.1) is 17.4 Å². The van der Waals surface area contributed by atoms with Crippen LogP contribution in [0.3, 0.4) is 0 Å². The number of hydrogen-bond acceptors (Lipinski definition) is 7. The Morgan fingerprint density at radius 3 is 2.20 bits per heavy atom. The fourth-order valence-electron chi connectivity index (χ4n) is 4.58. The van der Waals surface area contributed by atoms with Crippen LogP contribution in [0, 0.1) is 24.7 Å². The van der Waals surface area contributed by atoms with Crippen molar-refractivity contribution in [2.45, 2.75) is 33.1 Å². The van der Waals surface area contributed by atoms with E-state index in [0.717, 1.165) is 16.9 Å². The number of likely N-dealkylation sites (tertiary alicyclic amines) is 1. The van der Waals surface area contributed by atoms with E-state index < -0.39 is 30.9 Å². The first-order valence-corrected chi connectivity index (χ1v) is 11.7. The molecule has 2 aromatic rings. The normalized spacial score (nSPS) is 21.4. The van der Waals surface area contributed by atoms with Crippen molar-refractivity contribution in [1.29, 1.82) is 0 Å². The molecule has 182 valence electrons. The van der Waals surface area contributed by atoms with Crippen LogP contribution in [0.4, 0.5) is 0 Å². The summed E-state index contributed by atoms with van der Waals surface area (Å²) in [4.78, 5) is 63.0. The van der Waals surface area contributed by atoms with Crippen molar-refractivity contribution in [2.75, 3.05) is 13.2 Å². The zero-order valence-electron chi connectivity index (χ0n) is 19.7. The number of aryl methyl sites for hydroxylation is 1. The van der Waals surface area contributed by atoms with Gasteiger partial charge in [0.1, 0.15) is 12.3 Å². The fourth-order valence-corrected chi connectivity index (χ4v) is 4.58. The Balaban J connectivity index is 1.27. The van der Waals surface area contributed by atoms with Crippen molar-refractivity contribution < 1.29 is 33.4 Å². The highest BCUT2D eigenvalue weighted by Gasteiger charge is 2.49. The summed E-state index contributed by atoms with van der Waals surface area (Å²) in [6.07, 6.45) is 2.18. The van der Waals surface area contributed by atoms with Crippen molar-refractivity contribution in [2.24, 2.45) is 17.8 Å². The lowest BCUT2D eigenvalue weighted by molar-refractivity contribution is -0.152. The van der Waals surface area contributed by atoms with E-state index in [-0.39, 0.29) is 35.0 Å². The van der Waals surface area contributed by atoms with Gasteiger partial charge in [-0.25, -0.2) is 4.79 Å². The maximum Gasteiger partial charge on any atom is 0.343 e. The van der Waals surface area contributed by atoms with Crippen LogP contribution >= 0.6 is 0 Å². The minimum Gasteiger partial charge on any atom is -0.456 e. The largest absolute Gasteiger partial charge is 0.456 e. The number of carbonyl (C=O) groups excluding carboxylic acids is 5. The van der Waals surface area contributed by atoms with Gasteiger partial charge < -0.3 is 9.47 Å². The summed E-state index contributed by atoms with van der Waals surface area (Å²) in [6, 6.07) is 12.8. The Kier molecular flexibility index (Phi) is 7.10. The van der Waals surface area contributed by atoms with E-state index in [1.54, 1.807) is 12.1 Å². The third-order valence-electron chi connectivity index (χ3n) is 6.60. The van der Waals surface area contributed by atoms with Crippen molar-refractivity contribution in [3.05, 3.63) is 65.2 Å². The summed E-state index contributed by atoms with van der Waals surface area (Å²) in [5, 5.41) is 0. The molecule has 0 bridgehead atoms. The van der Waals surface area contributed by atoms with Gasteiger partial charge in [0.2, 0.25) is 11.8 Å². The lowest BCUT2D eigenvalue weighted by Crippen LogP contribution is -2.37. The Hall–Kier alpha value is -3.81. The number of Topliss-reactive ketones (excluding diaryl/α,β-unsaturated/α-hetero) is 1. The topological polar surface area (TPSA) is 107 Å². The molecule has 4 rings (SSSR count). The SMILES string of the molecule is Cc1ccc(C(=O)Oc2ccc(C(=O)COC(=O)CN3C(=O)C4CCC(C)CC4C3=O)cc2)cc1. The number of amides is 2. The number of esters is 2. The zero-order valence-corrected chi connectivity index (χ0v) is 19.7. The van der Waals surface area contributed by atoms with Crippen LogP contribution in [0.5, 0.6) is 5.75 Å². The highest BCUT2D eigenvalue weighted by atomic mass is 16.5. The number of nitrogens with zero attached hydrogens (tertiary/aromatic N) is 1. The average Bonchev–Trinajstić information content (AvgIpc) is 3.07. The van der Waals surface area contributed by atoms with Crippen LogP contribution in [0.1, 0.15) is 52.5 Å². The third kappa shape index (κ3) is 5.48. The predicted octanol–water partition coefficient (Wildman–Crippen LogP) is 3.36. The fraction of sp³-hybridized carbons (Fsp3) is 0.370. The lowest BCUT2D eigenvalue weighted by atomic mass is 9.76. The maximum atomic E-state index is 12.6. The lowest BCUT2D eigenvalue weighted by Gasteiger charge is -2.25. The second kappa shape index (κ2) is 10.2. The van der Waals surface area contributed by atoms with Gasteiger partial charge in [-0.15, -0.1) is 0 Å². The molecule has 3 atom stereocenters. The maximum absolute atomic E-state index is 12.6. The van der Waals surface area contributed by atoms with Gasteiger partial charge in [0.25, 0.3) is 0 Å². The van der Waals surface area contributed by atoms with Gasteiger partial charge in [-0.3, -0.25) is 24.1 Å². The van der Waals surface area contributed by atoms with E-state index >= 15 is 0 Å². The zero-order chi connectivity index (χ0) is 25.1. The molecule has 1 saturated carbocycles. The predicted molar refractivity (Wildman–Crippen MR) is 125 cm³/mol. The molecule has 2 fully saturated rings. The molecule has 1 saturated heterocycles. The quantitative estimate of drug-likeness (QED) is 0.260. The van der Waals surface area contributed by atoms with Crippen molar-refractivity contribution in [1.82, 2.24) is 4.90 Å². The Bertz CT molecular complexity index is 1150. The number of benzene rings is 2. The van der Waals surface area contributed by atoms with Crippen LogP contribution in [-0.2, 0) is 19.1 Å². The molecule has 0 radical (unpaired) electrons. The Morgan fingerprint density at radius 2 is 1.51 bits per heavy atom. The van der Waals surface area contributed by atoms with E-state index in [1.165, 1.54) is 24.3 Å². The number of imide groups is 1. The molecular weight excluding hydrogens is 450 g/mol. The summed E-state index contributed by atoms with van der Waals surface area (Å²) < 4.78 is 10.3. The number of ether oxygens (including phenoxy) is 2. The first kappa shape index (κ1) is 24.3. The van der Waals surface area contributed by atoms with Gasteiger partial charge in [-0.2, -0.15) is 0 Å². The van der Waals surface area contributed by atoms with Gasteiger partial charge >= 0.3 is 11.9 Å². The van der Waals surface area contributed by atoms with Gasteiger partial charge in [-0.1, -0.05) is 24.6 Å². The summed E-state index contributed by atoms with van der Waals surface area (Å²) in [5.41, 5.74) is 1.70. The molecule has 8 nitrogen and oxygen atoms in total. The first-order valence-electron chi connectivity index (χ1n) is 11.7. The summed E-state index contributed by atoms with van der Waals surface area (Å²) in [7, 11) is 0. The first-order chi connectivity index (χ1) is 16.7. The minimum absolute atomic E-state index is 0.265. The van der Waals surface area contributed by atoms with Gasteiger partial charge in [-0.05, 0) is 68.5 Å². The molecule has 0 N–H and O–H groups in total. The minimum atomic E-state index is -0.810. The monoisotopic (exact) mass is 477 g/mol. The van der Waals surface area contributed by atoms with Crippen LogP contribution in [-0.4, -0.2) is 47.6 Å². The number of hydrogen-bond donors (Lipinski definition) is 0. The number of carbonyl (C=O) groups is 5. The van der Waals surface area contributed by atoms with Gasteiger partial charge in [0.15, 0.2) is 12.4 Å². The molecule has 8 heteroatoms. The molecule has 1 aliphatic carbocycles. The van der Waals surface area contributed by atoms with E-state index in [1.807, 2.05) is 19.1 Å². The number of rotatable bonds is 7. The molecule has 3 unspecified atom stereocenters. The van der Waals surface area contributed by atoms with E-state index in [2.05, 4.69) is 6.92 Å². The van der Waals surface area contributed by atoms with Crippen molar-refractivity contribution in [3.63, 3.8) is 0 Å². The molecule has 1 heterocycles. The number of ketones is 1. The van der Waals surface area contributed by atoms with Crippen LogP contribution in [0.2, 0.25) is 0 Å². The van der Waals surface area contributed by atoms with Crippen molar-refractivity contribution >= 4 is 29.5 Å². The molecule has 0 aromatic heterocycles. The van der Waals surface area contributed by atoms with E-state index in [0.29, 0.717) is 24.3 Å². The molecule has 1 aliphatic heterocycles. The van der Waals surface area contributed by atoms with E-state index in [9.17, 15) is 24.0 Å². The highest BCUT2D eigenvalue weighted by molar-refractivity contribution is 6.07. The molecule has 35 heavy (non-hydrogen) atoms. The molecular formula is C27H27NO7. The molecule has 2 amide bonds. The van der Waals surface area contributed by atoms with E-state index in [4.69, 9.17) is 9.47 Å². The standard InChI is InChI=1S/C27H27NO7/c1-16-3-6-19(7-4-16)27(33)35-20-10-8-18(9-11-20)23(29)15-34-24(30)14-28-25(31)21-12-5-17(2)13-22(21)26(28)32/h3-4,6-11,17,21-22H,5,12-15H2,1-2H3. The summed E-state index contributed by atoms with van der Waals surface area (Å²) in [5.74, 6) is -2.52. The molecule has 0 spiro atoms. The molecule has 2 aromatic carbocycles. The Labute approximate surface area is 203 Å². The highest BCUT2D eigenvalue weighted by Crippen LogP contribution is 2.40. The van der Waals surface area contributed by atoms with Crippen LogP contribution in [0.15, 0.2) is 48.5 Å². The Morgan fingerprint density at radius 1 is 0.886 bits per heavy atom. The van der Waals surface area contributed by atoms with Crippen LogP contribution < -0.4 is 4.74 Å². The average molecular weight is 478 g/mol. The number of fused-ring (bicyclic) bond motifs is 1. The summed E-state index contributed by atoms with van der Waals surface area (Å²) in [6.45, 7) is 2.96.